The van der Waals surface area contributed by atoms with Gasteiger partial charge >= 0.3 is 6.61 Å². The van der Waals surface area contributed by atoms with Gasteiger partial charge in [-0.05, 0) is 48.2 Å². The monoisotopic (exact) mass is 472 g/mol. The highest BCUT2D eigenvalue weighted by atomic mass is 35.5. The summed E-state index contributed by atoms with van der Waals surface area (Å²) in [4.78, 5) is 12.3. The molecule has 11 heteroatoms. The van der Waals surface area contributed by atoms with Gasteiger partial charge in [-0.3, -0.25) is 9.52 Å². The third-order valence-electron chi connectivity index (χ3n) is 3.91. The first-order valence-electron chi connectivity index (χ1n) is 8.39. The quantitative estimate of drug-likeness (QED) is 0.484. The molecule has 0 saturated heterocycles. The van der Waals surface area contributed by atoms with E-state index in [4.69, 9.17) is 11.6 Å². The summed E-state index contributed by atoms with van der Waals surface area (Å²) in [5.74, 6) is -0.959. The van der Waals surface area contributed by atoms with E-state index in [1.165, 1.54) is 35.7 Å². The number of hydrogen-bond acceptors (Lipinski definition) is 5. The molecule has 3 aromatic rings. The van der Waals surface area contributed by atoms with E-state index in [9.17, 15) is 22.0 Å². The molecule has 6 nitrogen and oxygen atoms in total. The van der Waals surface area contributed by atoms with Crippen LogP contribution in [0.25, 0.3) is 0 Å². The number of carbonyl (C=O) groups excluding carboxylic acids is 1. The lowest BCUT2D eigenvalue weighted by atomic mass is 10.2. The molecule has 0 saturated carbocycles. The van der Waals surface area contributed by atoms with E-state index >= 15 is 0 Å². The Morgan fingerprint density at radius 3 is 2.60 bits per heavy atom. The Balaban J connectivity index is 1.86. The molecule has 1 heterocycles. The van der Waals surface area contributed by atoms with Crippen molar-refractivity contribution in [2.45, 2.75) is 18.4 Å². The Morgan fingerprint density at radius 1 is 1.17 bits per heavy atom. The van der Waals surface area contributed by atoms with E-state index < -0.39 is 22.5 Å². The lowest BCUT2D eigenvalue weighted by molar-refractivity contribution is -0.0498. The van der Waals surface area contributed by atoms with Gasteiger partial charge in [0.1, 0.15) is 10.6 Å². The third-order valence-corrected chi connectivity index (χ3v) is 6.64. The van der Waals surface area contributed by atoms with Gasteiger partial charge in [-0.1, -0.05) is 29.8 Å². The van der Waals surface area contributed by atoms with Gasteiger partial charge in [0.2, 0.25) is 0 Å². The van der Waals surface area contributed by atoms with Gasteiger partial charge in [-0.25, -0.2) is 8.42 Å². The number of ether oxygens (including phenoxy) is 1. The molecule has 2 aromatic carbocycles. The minimum absolute atomic E-state index is 0.0607. The van der Waals surface area contributed by atoms with Crippen molar-refractivity contribution in [3.63, 3.8) is 0 Å². The summed E-state index contributed by atoms with van der Waals surface area (Å²) in [5, 5.41) is 4.17. The summed E-state index contributed by atoms with van der Waals surface area (Å²) >= 11 is 6.94. The van der Waals surface area contributed by atoms with Crippen LogP contribution in [0.5, 0.6) is 5.75 Å². The molecule has 0 aliphatic rings. The van der Waals surface area contributed by atoms with E-state index in [0.717, 1.165) is 11.3 Å². The number of alkyl halides is 2. The van der Waals surface area contributed by atoms with Crippen molar-refractivity contribution in [3.8, 4) is 5.75 Å². The molecule has 2 N–H and O–H groups in total. The largest absolute Gasteiger partial charge is 0.433 e. The summed E-state index contributed by atoms with van der Waals surface area (Å²) in [6.45, 7) is -1.47. The smallest absolute Gasteiger partial charge is 0.387 e. The number of para-hydroxylation sites is 1. The second-order valence-electron chi connectivity index (χ2n) is 6.01. The molecule has 0 spiro atoms. The van der Waals surface area contributed by atoms with Crippen LogP contribution in [0.15, 0.2) is 58.8 Å². The van der Waals surface area contributed by atoms with Crippen molar-refractivity contribution in [3.05, 3.63) is 69.4 Å². The van der Waals surface area contributed by atoms with Gasteiger partial charge < -0.3 is 10.1 Å². The highest BCUT2D eigenvalue weighted by Gasteiger charge is 2.21. The highest BCUT2D eigenvalue weighted by Crippen LogP contribution is 2.29. The van der Waals surface area contributed by atoms with Gasteiger partial charge in [0, 0.05) is 5.69 Å². The minimum atomic E-state index is -4.01. The van der Waals surface area contributed by atoms with E-state index in [-0.39, 0.29) is 31.9 Å². The fraction of sp³-hybridized carbons (Fsp3) is 0.105. The predicted octanol–water partition coefficient (Wildman–Crippen LogP) is 5.36. The molecule has 0 aliphatic heterocycles. The molecule has 0 bridgehead atoms. The fourth-order valence-electron chi connectivity index (χ4n) is 2.55. The van der Waals surface area contributed by atoms with Crippen molar-refractivity contribution >= 4 is 50.2 Å². The SMILES string of the molecule is Cc1ccc(NC(=O)c2sccc2OC(F)F)cc1S(=O)(=O)Nc1ccccc1Cl. The van der Waals surface area contributed by atoms with Gasteiger partial charge in [0.25, 0.3) is 15.9 Å². The standard InChI is InChI=1S/C19H15ClF2N2O4S2/c1-11-6-7-12(23-18(25)17-15(8-9-29-17)28-19(21)22)10-16(11)30(26,27)24-14-5-3-2-4-13(14)20/h2-10,19,24H,1H3,(H,23,25). The Morgan fingerprint density at radius 2 is 1.90 bits per heavy atom. The number of halogens is 3. The number of sulfonamides is 1. The van der Waals surface area contributed by atoms with Gasteiger partial charge in [0.05, 0.1) is 15.6 Å². The predicted molar refractivity (Wildman–Crippen MR) is 112 cm³/mol. The van der Waals surface area contributed by atoms with Crippen LogP contribution in [0.3, 0.4) is 0 Å². The number of aryl methyl sites for hydroxylation is 1. The highest BCUT2D eigenvalue weighted by molar-refractivity contribution is 7.92. The van der Waals surface area contributed by atoms with Crippen molar-refractivity contribution in [1.29, 1.82) is 0 Å². The molecule has 1 amide bonds. The molecule has 1 aromatic heterocycles. The number of thiophene rings is 1. The van der Waals surface area contributed by atoms with Gasteiger partial charge in [-0.15, -0.1) is 11.3 Å². The molecular formula is C19H15ClF2N2O4S2. The van der Waals surface area contributed by atoms with Crippen molar-refractivity contribution in [1.82, 2.24) is 0 Å². The zero-order chi connectivity index (χ0) is 21.9. The van der Waals surface area contributed by atoms with Crippen LogP contribution in [0, 0.1) is 6.92 Å². The van der Waals surface area contributed by atoms with Crippen LogP contribution in [0.2, 0.25) is 5.02 Å². The van der Waals surface area contributed by atoms with E-state index in [1.54, 1.807) is 25.1 Å². The number of anilines is 2. The summed E-state index contributed by atoms with van der Waals surface area (Å²) in [6.07, 6.45) is 0. The molecule has 0 fully saturated rings. The Bertz CT molecular complexity index is 1180. The van der Waals surface area contributed by atoms with E-state index in [1.807, 2.05) is 0 Å². The van der Waals surface area contributed by atoms with Gasteiger partial charge in [-0.2, -0.15) is 8.78 Å². The summed E-state index contributed by atoms with van der Waals surface area (Å²) < 4.78 is 57.3. The minimum Gasteiger partial charge on any atom is -0.433 e. The first-order valence-corrected chi connectivity index (χ1v) is 11.1. The normalized spacial score (nSPS) is 11.4. The van der Waals surface area contributed by atoms with Crippen LogP contribution in [-0.2, 0) is 10.0 Å². The Hall–Kier alpha value is -2.69. The summed E-state index contributed by atoms with van der Waals surface area (Å²) in [6, 6.07) is 11.9. The lowest BCUT2D eigenvalue weighted by Gasteiger charge is -2.13. The number of rotatable bonds is 7. The average molecular weight is 473 g/mol. The first-order chi connectivity index (χ1) is 14.2. The maximum atomic E-state index is 12.8. The molecule has 30 heavy (non-hydrogen) atoms. The maximum absolute atomic E-state index is 12.8. The Kier molecular flexibility index (Phi) is 6.59. The number of carbonyl (C=O) groups is 1. The van der Waals surface area contributed by atoms with Gasteiger partial charge in [0.15, 0.2) is 0 Å². The lowest BCUT2D eigenvalue weighted by Crippen LogP contribution is -2.16. The number of hydrogen-bond donors (Lipinski definition) is 2. The topological polar surface area (TPSA) is 84.5 Å². The zero-order valence-electron chi connectivity index (χ0n) is 15.4. The van der Waals surface area contributed by atoms with Crippen LogP contribution in [0.4, 0.5) is 20.2 Å². The Labute approximate surface area is 180 Å². The molecule has 3 rings (SSSR count). The van der Waals surface area contributed by atoms with E-state index in [0.29, 0.717) is 5.56 Å². The van der Waals surface area contributed by atoms with Crippen LogP contribution in [0.1, 0.15) is 15.2 Å². The van der Waals surface area contributed by atoms with E-state index in [2.05, 4.69) is 14.8 Å². The second-order valence-corrected chi connectivity index (χ2v) is 8.99. The summed E-state index contributed by atoms with van der Waals surface area (Å²) in [7, 11) is -4.01. The number of nitrogens with one attached hydrogen (secondary N) is 2. The van der Waals surface area contributed by atoms with Crippen molar-refractivity contribution in [2.24, 2.45) is 0 Å². The van der Waals surface area contributed by atoms with Crippen LogP contribution in [-0.4, -0.2) is 20.9 Å². The fourth-order valence-corrected chi connectivity index (χ4v) is 4.86. The molecular weight excluding hydrogens is 458 g/mol. The molecule has 0 aliphatic carbocycles. The summed E-state index contributed by atoms with van der Waals surface area (Å²) in [5.41, 5.74) is 0.812. The number of benzene rings is 2. The van der Waals surface area contributed by atoms with Crippen LogP contribution >= 0.6 is 22.9 Å². The first kappa shape index (κ1) is 22.0. The van der Waals surface area contributed by atoms with Crippen LogP contribution < -0.4 is 14.8 Å². The molecule has 158 valence electrons. The molecule has 0 radical (unpaired) electrons. The zero-order valence-corrected chi connectivity index (χ0v) is 17.7. The average Bonchev–Trinajstić information content (AvgIpc) is 3.12. The maximum Gasteiger partial charge on any atom is 0.387 e. The van der Waals surface area contributed by atoms with Crippen molar-refractivity contribution in [2.75, 3.05) is 10.0 Å². The number of amides is 1. The van der Waals surface area contributed by atoms with Crippen molar-refractivity contribution < 1.29 is 26.7 Å². The second kappa shape index (κ2) is 8.99. The third kappa shape index (κ3) is 5.07. The molecule has 0 unspecified atom stereocenters. The molecule has 0 atom stereocenters.